The second-order valence-electron chi connectivity index (χ2n) is 3.86. The Kier molecular flexibility index (Phi) is 5.20. The summed E-state index contributed by atoms with van der Waals surface area (Å²) >= 11 is 0. The summed E-state index contributed by atoms with van der Waals surface area (Å²) in [5.74, 6) is 0.407. The summed E-state index contributed by atoms with van der Waals surface area (Å²) in [6, 6.07) is 0. The number of rotatable bonds is 0. The Balaban J connectivity index is 2.43. The van der Waals surface area contributed by atoms with Crippen LogP contribution in [0.3, 0.4) is 0 Å². The summed E-state index contributed by atoms with van der Waals surface area (Å²) in [6.45, 7) is 0. The Labute approximate surface area is 86.0 Å². The van der Waals surface area contributed by atoms with E-state index in [1.807, 2.05) is 0 Å². The molecule has 80 valence electrons. The molecule has 0 spiro atoms. The van der Waals surface area contributed by atoms with Crippen LogP contribution in [0.4, 0.5) is 0 Å². The predicted octanol–water partition coefficient (Wildman–Crippen LogP) is 4.00. The van der Waals surface area contributed by atoms with Gasteiger partial charge in [0.2, 0.25) is 0 Å². The normalized spacial score (nSPS) is 21.4. The van der Waals surface area contributed by atoms with Crippen molar-refractivity contribution in [2.75, 3.05) is 0 Å². The first-order valence-electron chi connectivity index (χ1n) is 5.55. The Morgan fingerprint density at radius 3 is 1.57 bits per heavy atom. The molecule has 1 aliphatic rings. The van der Waals surface area contributed by atoms with Gasteiger partial charge in [-0.15, -0.1) is 0 Å². The summed E-state index contributed by atoms with van der Waals surface area (Å²) < 4.78 is 0. The van der Waals surface area contributed by atoms with E-state index < -0.39 is 0 Å². The Morgan fingerprint density at radius 2 is 1.14 bits per heavy atom. The van der Waals surface area contributed by atoms with Crippen molar-refractivity contribution in [3.05, 3.63) is 23.7 Å². The van der Waals surface area contributed by atoms with Crippen molar-refractivity contribution < 1.29 is 10.2 Å². The minimum Gasteiger partial charge on any atom is -0.509 e. The van der Waals surface area contributed by atoms with Gasteiger partial charge in [-0.3, -0.25) is 0 Å². The third-order valence-corrected chi connectivity index (χ3v) is 2.57. The fraction of sp³-hybridized carbons (Fsp3) is 0.667. The highest BCUT2D eigenvalue weighted by atomic mass is 16.3. The highest BCUT2D eigenvalue weighted by Crippen LogP contribution is 2.16. The van der Waals surface area contributed by atoms with Crippen LogP contribution in [0.25, 0.3) is 0 Å². The van der Waals surface area contributed by atoms with Gasteiger partial charge in [0, 0.05) is 12.8 Å². The molecule has 0 radical (unpaired) electrons. The molecule has 0 saturated carbocycles. The maximum absolute atomic E-state index is 9.47. The molecule has 0 amide bonds. The van der Waals surface area contributed by atoms with Crippen molar-refractivity contribution in [2.45, 2.75) is 51.4 Å². The number of aliphatic hydroxyl groups is 2. The zero-order valence-electron chi connectivity index (χ0n) is 8.71. The molecule has 2 nitrogen and oxygen atoms in total. The van der Waals surface area contributed by atoms with Gasteiger partial charge >= 0.3 is 0 Å². The van der Waals surface area contributed by atoms with E-state index in [-0.39, 0.29) is 11.5 Å². The van der Waals surface area contributed by atoms with Crippen molar-refractivity contribution in [3.8, 4) is 0 Å². The van der Waals surface area contributed by atoms with Crippen LogP contribution >= 0.6 is 0 Å². The summed E-state index contributed by atoms with van der Waals surface area (Å²) in [5, 5.41) is 18.9. The Morgan fingerprint density at radius 1 is 0.714 bits per heavy atom. The zero-order chi connectivity index (χ0) is 10.2. The van der Waals surface area contributed by atoms with Crippen LogP contribution in [0.5, 0.6) is 0 Å². The summed E-state index contributed by atoms with van der Waals surface area (Å²) in [6.07, 6.45) is 12.0. The highest BCUT2D eigenvalue weighted by molar-refractivity contribution is 4.98. The molecule has 0 saturated heterocycles. The first kappa shape index (κ1) is 11.2. The van der Waals surface area contributed by atoms with Gasteiger partial charge in [0.05, 0.1) is 0 Å². The van der Waals surface area contributed by atoms with Crippen molar-refractivity contribution in [1.82, 2.24) is 0 Å². The van der Waals surface area contributed by atoms with Gasteiger partial charge in [0.25, 0.3) is 0 Å². The lowest BCUT2D eigenvalue weighted by molar-refractivity contribution is 0.293. The van der Waals surface area contributed by atoms with Crippen LogP contribution < -0.4 is 0 Å². The van der Waals surface area contributed by atoms with Gasteiger partial charge in [-0.25, -0.2) is 0 Å². The molecule has 0 aromatic heterocycles. The molecule has 0 heterocycles. The van der Waals surface area contributed by atoms with E-state index in [0.29, 0.717) is 12.8 Å². The molecule has 0 aromatic carbocycles. The molecule has 1 aliphatic carbocycles. The minimum atomic E-state index is 0.203. The third-order valence-electron chi connectivity index (χ3n) is 2.57. The van der Waals surface area contributed by atoms with E-state index in [1.54, 1.807) is 0 Å². The molecular formula is C12H20O2. The second-order valence-corrected chi connectivity index (χ2v) is 3.86. The predicted molar refractivity (Wildman–Crippen MR) is 58.4 cm³/mol. The zero-order valence-corrected chi connectivity index (χ0v) is 8.71. The van der Waals surface area contributed by atoms with Gasteiger partial charge in [-0.2, -0.15) is 0 Å². The van der Waals surface area contributed by atoms with E-state index in [9.17, 15) is 10.2 Å². The molecule has 2 N–H and O–H groups in total. The second kappa shape index (κ2) is 6.52. The molecular weight excluding hydrogens is 176 g/mol. The first-order valence-corrected chi connectivity index (χ1v) is 5.55. The van der Waals surface area contributed by atoms with Crippen LogP contribution in [0.15, 0.2) is 23.7 Å². The van der Waals surface area contributed by atoms with Gasteiger partial charge in [0.1, 0.15) is 11.5 Å². The van der Waals surface area contributed by atoms with E-state index in [2.05, 4.69) is 12.2 Å². The van der Waals surface area contributed by atoms with Gasteiger partial charge in [-0.05, 0) is 38.5 Å². The SMILES string of the molecule is OC1=C(O)CCCCC=CCCCC1. The van der Waals surface area contributed by atoms with Gasteiger partial charge < -0.3 is 10.2 Å². The maximum atomic E-state index is 9.47. The van der Waals surface area contributed by atoms with Crippen LogP contribution in [0.1, 0.15) is 51.4 Å². The van der Waals surface area contributed by atoms with E-state index >= 15 is 0 Å². The molecule has 0 bridgehead atoms. The summed E-state index contributed by atoms with van der Waals surface area (Å²) in [5.41, 5.74) is 0. The van der Waals surface area contributed by atoms with Crippen LogP contribution in [0, 0.1) is 0 Å². The molecule has 0 unspecified atom stereocenters. The summed E-state index contributed by atoms with van der Waals surface area (Å²) in [7, 11) is 0. The smallest absolute Gasteiger partial charge is 0.129 e. The number of hydrogen-bond donors (Lipinski definition) is 2. The highest BCUT2D eigenvalue weighted by Gasteiger charge is 2.03. The Hall–Kier alpha value is -0.920. The average molecular weight is 196 g/mol. The largest absolute Gasteiger partial charge is 0.509 e. The lowest BCUT2D eigenvalue weighted by atomic mass is 10.1. The maximum Gasteiger partial charge on any atom is 0.129 e. The van der Waals surface area contributed by atoms with Gasteiger partial charge in [-0.1, -0.05) is 12.2 Å². The molecule has 14 heavy (non-hydrogen) atoms. The standard InChI is InChI=1S/C12H20O2/c13-11-9-7-5-3-1-2-4-6-8-10-12(11)14/h1-2,13-14H,3-10H2. The third kappa shape index (κ3) is 4.35. The lowest BCUT2D eigenvalue weighted by Crippen LogP contribution is -1.93. The topological polar surface area (TPSA) is 40.5 Å². The fourth-order valence-electron chi connectivity index (χ4n) is 1.63. The van der Waals surface area contributed by atoms with Crippen LogP contribution in [0.2, 0.25) is 0 Å². The van der Waals surface area contributed by atoms with Crippen molar-refractivity contribution in [1.29, 1.82) is 0 Å². The van der Waals surface area contributed by atoms with E-state index in [0.717, 1.165) is 38.5 Å². The van der Waals surface area contributed by atoms with Crippen LogP contribution in [-0.4, -0.2) is 10.2 Å². The van der Waals surface area contributed by atoms with E-state index in [4.69, 9.17) is 0 Å². The fourth-order valence-corrected chi connectivity index (χ4v) is 1.63. The van der Waals surface area contributed by atoms with Crippen LogP contribution in [-0.2, 0) is 0 Å². The molecule has 0 fully saturated rings. The number of aliphatic hydroxyl groups excluding tert-OH is 2. The molecule has 0 atom stereocenters. The first-order chi connectivity index (χ1) is 6.80. The lowest BCUT2D eigenvalue weighted by Gasteiger charge is -2.05. The van der Waals surface area contributed by atoms with Crippen molar-refractivity contribution in [2.24, 2.45) is 0 Å². The van der Waals surface area contributed by atoms with Gasteiger partial charge in [0.15, 0.2) is 0 Å². The molecule has 0 aliphatic heterocycles. The summed E-state index contributed by atoms with van der Waals surface area (Å²) in [4.78, 5) is 0. The monoisotopic (exact) mass is 196 g/mol. The van der Waals surface area contributed by atoms with E-state index in [1.165, 1.54) is 0 Å². The average Bonchev–Trinajstić information content (AvgIpc) is 2.18. The van der Waals surface area contributed by atoms with Crippen molar-refractivity contribution in [3.63, 3.8) is 0 Å². The molecule has 2 heteroatoms. The Bertz CT molecular complexity index is 194. The quantitative estimate of drug-likeness (QED) is 0.575. The number of hydrogen-bond acceptors (Lipinski definition) is 2. The van der Waals surface area contributed by atoms with Crippen molar-refractivity contribution >= 4 is 0 Å². The molecule has 0 aromatic rings. The minimum absolute atomic E-state index is 0.203. The molecule has 1 rings (SSSR count). The number of allylic oxidation sites excluding steroid dienone is 4.